The lowest BCUT2D eigenvalue weighted by Gasteiger charge is -2.72. The van der Waals surface area contributed by atoms with Gasteiger partial charge in [-0.15, -0.1) is 6.58 Å². The van der Waals surface area contributed by atoms with Gasteiger partial charge in [0.25, 0.3) is 0 Å². The van der Waals surface area contributed by atoms with Gasteiger partial charge in [-0.1, -0.05) is 60.5 Å². The van der Waals surface area contributed by atoms with E-state index in [0.29, 0.717) is 40.6 Å². The zero-order valence-electron chi connectivity index (χ0n) is 23.1. The quantitative estimate of drug-likeness (QED) is 0.417. The average molecular weight is 461 g/mol. The summed E-state index contributed by atoms with van der Waals surface area (Å²) in [6.45, 7) is 20.6. The fraction of sp³-hybridized carbons (Fsp3) is 0.935. The molecule has 0 heterocycles. The van der Waals surface area contributed by atoms with Crippen molar-refractivity contribution in [2.75, 3.05) is 6.61 Å². The van der Waals surface area contributed by atoms with Gasteiger partial charge in [0, 0.05) is 6.61 Å². The molecule has 4 fully saturated rings. The Morgan fingerprint density at radius 1 is 0.909 bits per heavy atom. The number of aliphatic hydroxyl groups excluding tert-OH is 2. The number of fused-ring (bicyclic) bond motifs is 5. The van der Waals surface area contributed by atoms with E-state index in [0.717, 1.165) is 18.3 Å². The third-order valence-corrected chi connectivity index (χ3v) is 12.3. The van der Waals surface area contributed by atoms with Crippen LogP contribution in [-0.4, -0.2) is 22.9 Å². The van der Waals surface area contributed by atoms with Crippen molar-refractivity contribution in [1.82, 2.24) is 0 Å². The Labute approximate surface area is 206 Å². The molecule has 4 aliphatic carbocycles. The van der Waals surface area contributed by atoms with Gasteiger partial charge in [0.2, 0.25) is 0 Å². The lowest BCUT2D eigenvalue weighted by Crippen LogP contribution is -2.65. The highest BCUT2D eigenvalue weighted by Crippen LogP contribution is 2.74. The molecule has 0 spiro atoms. The summed E-state index contributed by atoms with van der Waals surface area (Å²) in [7, 11) is 0. The summed E-state index contributed by atoms with van der Waals surface area (Å²) in [5.74, 6) is 3.40. The van der Waals surface area contributed by atoms with Crippen molar-refractivity contribution in [3.05, 3.63) is 12.7 Å². The molecule has 2 heteroatoms. The highest BCUT2D eigenvalue weighted by molar-refractivity contribution is 5.16. The molecule has 9 unspecified atom stereocenters. The van der Waals surface area contributed by atoms with Crippen LogP contribution in [0.3, 0.4) is 0 Å². The van der Waals surface area contributed by atoms with Gasteiger partial charge < -0.3 is 10.2 Å². The van der Waals surface area contributed by atoms with Crippen LogP contribution in [0, 0.1) is 51.2 Å². The van der Waals surface area contributed by atoms with Crippen molar-refractivity contribution < 1.29 is 10.2 Å². The van der Waals surface area contributed by atoms with Gasteiger partial charge in [-0.05, 0) is 116 Å². The van der Waals surface area contributed by atoms with Crippen LogP contribution in [0.25, 0.3) is 0 Å². The molecule has 2 nitrogen and oxygen atoms in total. The SMILES string of the molecule is C=CC.CCCCC1C2CCC3C4(C)CCC(O)C(C)C4CCC3(C)[C@]2(C)CCC1(C)CO. The summed E-state index contributed by atoms with van der Waals surface area (Å²) in [5.41, 5.74) is 1.32. The fourth-order valence-electron chi connectivity index (χ4n) is 10.1. The van der Waals surface area contributed by atoms with Crippen LogP contribution in [0.5, 0.6) is 0 Å². The normalized spacial score (nSPS) is 51.3. The number of hydrogen-bond donors (Lipinski definition) is 2. The van der Waals surface area contributed by atoms with Crippen LogP contribution in [-0.2, 0) is 0 Å². The first kappa shape index (κ1) is 27.3. The predicted octanol–water partition coefficient (Wildman–Crippen LogP) is 8.02. The van der Waals surface area contributed by atoms with E-state index in [1.807, 2.05) is 6.92 Å². The maximum absolute atomic E-state index is 10.6. The van der Waals surface area contributed by atoms with E-state index in [1.54, 1.807) is 6.08 Å². The Morgan fingerprint density at radius 2 is 1.58 bits per heavy atom. The summed E-state index contributed by atoms with van der Waals surface area (Å²) >= 11 is 0. The van der Waals surface area contributed by atoms with Crippen molar-refractivity contribution in [3.8, 4) is 0 Å². The van der Waals surface area contributed by atoms with Crippen LogP contribution in [0.4, 0.5) is 0 Å². The summed E-state index contributed by atoms with van der Waals surface area (Å²) < 4.78 is 0. The van der Waals surface area contributed by atoms with Crippen LogP contribution in [0.2, 0.25) is 0 Å². The minimum Gasteiger partial charge on any atom is -0.396 e. The number of aliphatic hydroxyl groups is 2. The molecule has 4 rings (SSSR count). The molecule has 0 aromatic heterocycles. The van der Waals surface area contributed by atoms with Crippen LogP contribution in [0.15, 0.2) is 12.7 Å². The van der Waals surface area contributed by atoms with Gasteiger partial charge in [0.15, 0.2) is 0 Å². The van der Waals surface area contributed by atoms with Crippen LogP contribution < -0.4 is 0 Å². The van der Waals surface area contributed by atoms with Gasteiger partial charge >= 0.3 is 0 Å². The van der Waals surface area contributed by atoms with E-state index in [1.165, 1.54) is 64.2 Å². The molecule has 0 aromatic carbocycles. The standard InChI is InChI=1S/C28H50O2.C3H6/c1-7-8-9-21-22-10-11-24-26(4)14-13-23(30)19(2)20(26)12-15-28(24,6)27(22,5)17-16-25(21,3)18-29;1-3-2/h19-24,29-30H,7-18H2,1-6H3;3H,1H2,2H3/t19?,20?,21?,22?,23?,24?,25?,26?,27-,28?;/m1./s1. The lowest BCUT2D eigenvalue weighted by atomic mass is 9.33. The molecule has 10 atom stereocenters. The van der Waals surface area contributed by atoms with E-state index in [2.05, 4.69) is 48.1 Å². The molecular formula is C31H56O2. The second kappa shape index (κ2) is 9.96. The first-order valence-electron chi connectivity index (χ1n) is 14.3. The molecule has 0 bridgehead atoms. The highest BCUT2D eigenvalue weighted by Gasteiger charge is 2.67. The molecule has 4 saturated carbocycles. The second-order valence-corrected chi connectivity index (χ2v) is 13.7. The van der Waals surface area contributed by atoms with Gasteiger partial charge in [-0.25, -0.2) is 0 Å². The van der Waals surface area contributed by atoms with Gasteiger partial charge in [0.1, 0.15) is 0 Å². The number of hydrogen-bond acceptors (Lipinski definition) is 2. The third-order valence-electron chi connectivity index (χ3n) is 12.3. The molecule has 2 N–H and O–H groups in total. The van der Waals surface area contributed by atoms with E-state index in [4.69, 9.17) is 0 Å². The van der Waals surface area contributed by atoms with Gasteiger partial charge in [-0.3, -0.25) is 0 Å². The average Bonchev–Trinajstić information content (AvgIpc) is 2.78. The van der Waals surface area contributed by atoms with E-state index < -0.39 is 0 Å². The second-order valence-electron chi connectivity index (χ2n) is 13.7. The van der Waals surface area contributed by atoms with Gasteiger partial charge in [0.05, 0.1) is 6.10 Å². The maximum atomic E-state index is 10.6. The molecule has 0 aliphatic heterocycles. The zero-order valence-corrected chi connectivity index (χ0v) is 23.1. The Kier molecular flexibility index (Phi) is 8.23. The monoisotopic (exact) mass is 460 g/mol. The molecule has 192 valence electrons. The lowest BCUT2D eigenvalue weighted by molar-refractivity contribution is -0.237. The Bertz CT molecular complexity index is 674. The molecule has 0 radical (unpaired) electrons. The Morgan fingerprint density at radius 3 is 2.18 bits per heavy atom. The number of rotatable bonds is 4. The summed E-state index contributed by atoms with van der Waals surface area (Å²) in [6.07, 6.45) is 15.6. The van der Waals surface area contributed by atoms with Crippen molar-refractivity contribution >= 4 is 0 Å². The number of unbranched alkanes of at least 4 members (excludes halogenated alkanes) is 1. The predicted molar refractivity (Wildman–Crippen MR) is 141 cm³/mol. The summed E-state index contributed by atoms with van der Waals surface area (Å²) in [6, 6.07) is 0. The summed E-state index contributed by atoms with van der Waals surface area (Å²) in [4.78, 5) is 0. The largest absolute Gasteiger partial charge is 0.396 e. The molecule has 0 aromatic rings. The van der Waals surface area contributed by atoms with Crippen molar-refractivity contribution in [2.45, 2.75) is 125 Å². The minimum atomic E-state index is -0.0854. The first-order chi connectivity index (χ1) is 15.5. The van der Waals surface area contributed by atoms with E-state index >= 15 is 0 Å². The minimum absolute atomic E-state index is 0.0854. The molecular weight excluding hydrogens is 404 g/mol. The van der Waals surface area contributed by atoms with Crippen LogP contribution >= 0.6 is 0 Å². The Hall–Kier alpha value is -0.340. The van der Waals surface area contributed by atoms with Crippen molar-refractivity contribution in [1.29, 1.82) is 0 Å². The third kappa shape index (κ3) is 4.18. The number of allylic oxidation sites excluding steroid dienone is 1. The highest BCUT2D eigenvalue weighted by atomic mass is 16.3. The van der Waals surface area contributed by atoms with E-state index in [9.17, 15) is 10.2 Å². The first-order valence-corrected chi connectivity index (χ1v) is 14.3. The topological polar surface area (TPSA) is 40.5 Å². The van der Waals surface area contributed by atoms with E-state index in [-0.39, 0.29) is 11.5 Å². The molecule has 0 amide bonds. The maximum Gasteiger partial charge on any atom is 0.0568 e. The van der Waals surface area contributed by atoms with Crippen molar-refractivity contribution in [3.63, 3.8) is 0 Å². The van der Waals surface area contributed by atoms with Crippen molar-refractivity contribution in [2.24, 2.45) is 51.2 Å². The molecule has 4 aliphatic rings. The Balaban J connectivity index is 0.000000968. The fourth-order valence-corrected chi connectivity index (χ4v) is 10.1. The molecule has 33 heavy (non-hydrogen) atoms. The zero-order chi connectivity index (χ0) is 24.7. The molecule has 0 saturated heterocycles. The van der Waals surface area contributed by atoms with Crippen LogP contribution in [0.1, 0.15) is 119 Å². The van der Waals surface area contributed by atoms with Gasteiger partial charge in [-0.2, -0.15) is 0 Å². The smallest absolute Gasteiger partial charge is 0.0568 e. The summed E-state index contributed by atoms with van der Waals surface area (Å²) in [5, 5.41) is 21.0.